The average Bonchev–Trinajstić information content (AvgIpc) is 3.12. The first-order valence-electron chi connectivity index (χ1n) is 11.3. The topological polar surface area (TPSA) is 66.8 Å². The van der Waals surface area contributed by atoms with Crippen molar-refractivity contribution >= 4 is 17.7 Å². The summed E-state index contributed by atoms with van der Waals surface area (Å²) in [5, 5.41) is 9.56. The van der Waals surface area contributed by atoms with Crippen molar-refractivity contribution in [1.82, 2.24) is 0 Å². The molecule has 5 heteroatoms. The van der Waals surface area contributed by atoms with Crippen LogP contribution in [0.4, 0.5) is 10.5 Å². The molecule has 3 aromatic carbocycles. The first kappa shape index (κ1) is 22.6. The maximum atomic E-state index is 13.5. The third-order valence-electron chi connectivity index (χ3n) is 6.70. The second-order valence-corrected chi connectivity index (χ2v) is 8.91. The van der Waals surface area contributed by atoms with Gasteiger partial charge in [0.1, 0.15) is 6.61 Å². The summed E-state index contributed by atoms with van der Waals surface area (Å²) in [6, 6.07) is 21.3. The lowest BCUT2D eigenvalue weighted by atomic mass is 9.98. The summed E-state index contributed by atoms with van der Waals surface area (Å²) < 4.78 is 5.92. The molecule has 0 spiro atoms. The fourth-order valence-electron chi connectivity index (χ4n) is 4.56. The van der Waals surface area contributed by atoms with Crippen molar-refractivity contribution in [2.24, 2.45) is 5.92 Å². The summed E-state index contributed by atoms with van der Waals surface area (Å²) in [6.07, 6.45) is -0.469. The zero-order valence-corrected chi connectivity index (χ0v) is 19.4. The first-order chi connectivity index (χ1) is 15.8. The van der Waals surface area contributed by atoms with Crippen molar-refractivity contribution < 1.29 is 19.4 Å². The number of carboxylic acids is 1. The molecule has 0 saturated carbocycles. The normalized spacial score (nSPS) is 13.4. The molecule has 5 nitrogen and oxygen atoms in total. The Balaban J connectivity index is 1.64. The maximum absolute atomic E-state index is 13.5. The number of ether oxygens (including phenoxy) is 1. The number of anilines is 1. The van der Waals surface area contributed by atoms with Crippen LogP contribution in [-0.2, 0) is 4.74 Å². The lowest BCUT2D eigenvalue weighted by molar-refractivity contribution is 0.0696. The highest BCUT2D eigenvalue weighted by molar-refractivity contribution is 5.95. The van der Waals surface area contributed by atoms with Gasteiger partial charge in [0.2, 0.25) is 0 Å². The lowest BCUT2D eigenvalue weighted by Crippen LogP contribution is -2.43. The van der Waals surface area contributed by atoms with Crippen molar-refractivity contribution in [2.75, 3.05) is 11.5 Å². The summed E-state index contributed by atoms with van der Waals surface area (Å²) in [7, 11) is 0. The minimum Gasteiger partial charge on any atom is -0.478 e. The molecule has 1 amide bonds. The van der Waals surface area contributed by atoms with Gasteiger partial charge >= 0.3 is 12.1 Å². The van der Waals surface area contributed by atoms with Crippen LogP contribution >= 0.6 is 0 Å². The molecule has 1 N–H and O–H groups in total. The Labute approximate surface area is 194 Å². The van der Waals surface area contributed by atoms with Gasteiger partial charge in [0, 0.05) is 12.0 Å². The summed E-state index contributed by atoms with van der Waals surface area (Å²) in [6.45, 7) is 7.97. The average molecular weight is 444 g/mol. The van der Waals surface area contributed by atoms with Crippen LogP contribution < -0.4 is 4.90 Å². The molecule has 1 aliphatic rings. The van der Waals surface area contributed by atoms with E-state index in [-0.39, 0.29) is 30.0 Å². The fourth-order valence-corrected chi connectivity index (χ4v) is 4.56. The molecule has 33 heavy (non-hydrogen) atoms. The largest absolute Gasteiger partial charge is 0.478 e. The Bertz CT molecular complexity index is 1150. The highest BCUT2D eigenvalue weighted by Crippen LogP contribution is 2.44. The number of amides is 1. The summed E-state index contributed by atoms with van der Waals surface area (Å²) in [5.41, 5.74) is 5.94. The second-order valence-electron chi connectivity index (χ2n) is 8.91. The minimum atomic E-state index is -1.01. The van der Waals surface area contributed by atoms with Gasteiger partial charge in [0.25, 0.3) is 0 Å². The van der Waals surface area contributed by atoms with Gasteiger partial charge in [-0.3, -0.25) is 4.90 Å². The summed E-state index contributed by atoms with van der Waals surface area (Å²) in [5.74, 6) is -0.901. The summed E-state index contributed by atoms with van der Waals surface area (Å²) >= 11 is 0. The Morgan fingerprint density at radius 1 is 0.909 bits per heavy atom. The van der Waals surface area contributed by atoms with Crippen LogP contribution in [0.25, 0.3) is 11.1 Å². The van der Waals surface area contributed by atoms with Gasteiger partial charge in [-0.05, 0) is 59.7 Å². The smallest absolute Gasteiger partial charge is 0.414 e. The molecule has 1 unspecified atom stereocenters. The Kier molecular flexibility index (Phi) is 6.23. The standard InChI is InChI=1S/C28H29NO4/c1-17(2)19(4)29(26-15-9-14-20(18(26)3)27(30)31)28(32)33-16-25-23-12-7-5-10-21(23)22-11-6-8-13-24(22)25/h5-15,17,19,25H,16H2,1-4H3,(H,30,31). The fraction of sp³-hybridized carbons (Fsp3) is 0.286. The number of rotatable bonds is 6. The van der Waals surface area contributed by atoms with Crippen LogP contribution in [0.2, 0.25) is 0 Å². The molecule has 4 rings (SSSR count). The number of carboxylic acid groups (broad SMARTS) is 1. The zero-order chi connectivity index (χ0) is 23.7. The van der Waals surface area contributed by atoms with Crippen molar-refractivity contribution in [1.29, 1.82) is 0 Å². The predicted octanol–water partition coefficient (Wildman–Crippen LogP) is 6.49. The maximum Gasteiger partial charge on any atom is 0.414 e. The van der Waals surface area contributed by atoms with Crippen molar-refractivity contribution in [3.05, 3.63) is 89.0 Å². The molecule has 170 valence electrons. The number of carbonyl (C=O) groups is 2. The van der Waals surface area contributed by atoms with E-state index >= 15 is 0 Å². The van der Waals surface area contributed by atoms with Crippen molar-refractivity contribution in [2.45, 2.75) is 39.7 Å². The molecule has 0 heterocycles. The highest BCUT2D eigenvalue weighted by atomic mass is 16.6. The van der Waals surface area contributed by atoms with E-state index in [0.29, 0.717) is 11.3 Å². The van der Waals surface area contributed by atoms with E-state index in [1.165, 1.54) is 11.1 Å². The first-order valence-corrected chi connectivity index (χ1v) is 11.3. The van der Waals surface area contributed by atoms with E-state index in [9.17, 15) is 14.7 Å². The molecule has 0 radical (unpaired) electrons. The second kappa shape index (κ2) is 9.10. The van der Waals surface area contributed by atoms with Gasteiger partial charge in [0.05, 0.1) is 11.3 Å². The van der Waals surface area contributed by atoms with Gasteiger partial charge < -0.3 is 9.84 Å². The number of carbonyl (C=O) groups excluding carboxylic acids is 1. The predicted molar refractivity (Wildman–Crippen MR) is 130 cm³/mol. The molecule has 3 aromatic rings. The van der Waals surface area contributed by atoms with Crippen LogP contribution in [0.15, 0.2) is 66.7 Å². The van der Waals surface area contributed by atoms with Crippen molar-refractivity contribution in [3.8, 4) is 11.1 Å². The van der Waals surface area contributed by atoms with Gasteiger partial charge in [-0.2, -0.15) is 0 Å². The SMILES string of the molecule is Cc1c(C(=O)O)cccc1N(C(=O)OCC1c2ccccc2-c2ccccc21)C(C)C(C)C. The molecule has 1 atom stereocenters. The zero-order valence-electron chi connectivity index (χ0n) is 19.4. The quantitative estimate of drug-likeness (QED) is 0.473. The van der Waals surface area contributed by atoms with E-state index in [1.807, 2.05) is 45.0 Å². The van der Waals surface area contributed by atoms with Crippen LogP contribution in [-0.4, -0.2) is 29.8 Å². The molecular formula is C28H29NO4. The number of aromatic carboxylic acids is 1. The molecule has 0 saturated heterocycles. The summed E-state index contributed by atoms with van der Waals surface area (Å²) in [4.78, 5) is 26.7. The molecule has 0 bridgehead atoms. The van der Waals surface area contributed by atoms with Gasteiger partial charge in [-0.25, -0.2) is 9.59 Å². The molecule has 0 aliphatic heterocycles. The lowest BCUT2D eigenvalue weighted by Gasteiger charge is -2.33. The number of fused-ring (bicyclic) bond motifs is 3. The van der Waals surface area contributed by atoms with Crippen LogP contribution in [0.5, 0.6) is 0 Å². The van der Waals surface area contributed by atoms with Crippen LogP contribution in [0.1, 0.15) is 53.7 Å². The third kappa shape index (κ3) is 4.11. The van der Waals surface area contributed by atoms with Gasteiger partial charge in [-0.15, -0.1) is 0 Å². The molecule has 0 fully saturated rings. The minimum absolute atomic E-state index is 0.0380. The van der Waals surface area contributed by atoms with E-state index in [0.717, 1.165) is 11.1 Å². The Morgan fingerprint density at radius 2 is 1.48 bits per heavy atom. The number of benzene rings is 3. The number of nitrogens with zero attached hydrogens (tertiary/aromatic N) is 1. The van der Waals surface area contributed by atoms with Gasteiger partial charge in [-0.1, -0.05) is 68.4 Å². The number of hydrogen-bond acceptors (Lipinski definition) is 3. The Hall–Kier alpha value is -3.60. The molecule has 1 aliphatic carbocycles. The van der Waals surface area contributed by atoms with E-state index in [1.54, 1.807) is 30.0 Å². The monoisotopic (exact) mass is 443 g/mol. The molecule has 0 aromatic heterocycles. The van der Waals surface area contributed by atoms with Crippen molar-refractivity contribution in [3.63, 3.8) is 0 Å². The highest BCUT2D eigenvalue weighted by Gasteiger charge is 2.32. The Morgan fingerprint density at radius 3 is 2.03 bits per heavy atom. The number of hydrogen-bond donors (Lipinski definition) is 1. The van der Waals surface area contributed by atoms with E-state index in [4.69, 9.17) is 4.74 Å². The van der Waals surface area contributed by atoms with E-state index in [2.05, 4.69) is 24.3 Å². The molecular weight excluding hydrogens is 414 g/mol. The van der Waals surface area contributed by atoms with Gasteiger partial charge in [0.15, 0.2) is 0 Å². The van der Waals surface area contributed by atoms with E-state index < -0.39 is 12.1 Å². The van der Waals surface area contributed by atoms with Crippen LogP contribution in [0, 0.1) is 12.8 Å². The third-order valence-corrected chi connectivity index (χ3v) is 6.70. The van der Waals surface area contributed by atoms with Crippen LogP contribution in [0.3, 0.4) is 0 Å².